The van der Waals surface area contributed by atoms with Crippen molar-refractivity contribution in [3.05, 3.63) is 227 Å². The predicted molar refractivity (Wildman–Crippen MR) is 321 cm³/mol. The molecule has 0 N–H and O–H groups in total. The van der Waals surface area contributed by atoms with Crippen LogP contribution in [-0.4, -0.2) is 19.9 Å². The molecule has 5 aromatic carbocycles. The average Bonchev–Trinajstić information content (AvgIpc) is 4.31. The zero-order chi connectivity index (χ0) is 54.1. The first-order valence-electron chi connectivity index (χ1n) is 29.6. The summed E-state index contributed by atoms with van der Waals surface area (Å²) in [5, 5.41) is 0. The number of ether oxygens (including phenoxy) is 2. The fraction of sp³-hybridized carbons (Fsp3) is 0.324. The van der Waals surface area contributed by atoms with Gasteiger partial charge in [0.2, 0.25) is 0 Å². The Hall–Kier alpha value is -7.05. The van der Waals surface area contributed by atoms with Crippen molar-refractivity contribution in [1.29, 1.82) is 0 Å². The van der Waals surface area contributed by atoms with E-state index in [0.717, 1.165) is 108 Å². The van der Waals surface area contributed by atoms with Gasteiger partial charge in [0.1, 0.15) is 22.6 Å². The van der Waals surface area contributed by atoms with Gasteiger partial charge in [0.15, 0.2) is 0 Å². The zero-order valence-corrected chi connectivity index (χ0v) is 49.6. The third kappa shape index (κ3) is 9.86. The molecule has 0 unspecified atom stereocenters. The normalized spacial score (nSPS) is 19.6. The maximum absolute atomic E-state index is 6.72. The number of nitrogens with zero attached hydrogens (tertiary/aromatic N) is 4. The summed E-state index contributed by atoms with van der Waals surface area (Å²) in [6, 6.07) is 60.6. The summed E-state index contributed by atoms with van der Waals surface area (Å²) in [4.78, 5) is 20.7. The summed E-state index contributed by atoms with van der Waals surface area (Å²) in [5.74, 6) is 2.63. The number of aromatic nitrogens is 4. The molecule has 5 aliphatic rings. The minimum Gasteiger partial charge on any atom is -0.528 e. The van der Waals surface area contributed by atoms with Crippen molar-refractivity contribution < 1.29 is 29.6 Å². The molecule has 0 atom stereocenters. The van der Waals surface area contributed by atoms with Crippen LogP contribution >= 0.6 is 0 Å². The smallest absolute Gasteiger partial charge is 0.148 e. The topological polar surface area (TPSA) is 70.0 Å². The van der Waals surface area contributed by atoms with Gasteiger partial charge in [0.05, 0.1) is 5.69 Å². The zero-order valence-electron chi connectivity index (χ0n) is 47.2. The molecule has 0 spiro atoms. The molecule has 3 fully saturated rings. The van der Waals surface area contributed by atoms with Crippen LogP contribution in [0.15, 0.2) is 170 Å². The van der Waals surface area contributed by atoms with Gasteiger partial charge in [0.25, 0.3) is 0 Å². The summed E-state index contributed by atoms with van der Waals surface area (Å²) in [6.07, 6.45) is 24.1. The number of rotatable bonds is 11. The van der Waals surface area contributed by atoms with E-state index in [2.05, 4.69) is 162 Å². The average molecular weight is 1240 g/mol. The Labute approximate surface area is 492 Å². The molecule has 6 nitrogen and oxygen atoms in total. The van der Waals surface area contributed by atoms with Gasteiger partial charge in [-0.3, -0.25) is 9.97 Å². The maximum atomic E-state index is 6.72. The van der Waals surface area contributed by atoms with Crippen LogP contribution in [0, 0.1) is 12.1 Å². The molecule has 0 saturated heterocycles. The van der Waals surface area contributed by atoms with Gasteiger partial charge < -0.3 is 19.4 Å². The van der Waals surface area contributed by atoms with E-state index in [4.69, 9.17) is 29.4 Å². The van der Waals surface area contributed by atoms with Crippen LogP contribution in [0.1, 0.15) is 161 Å². The predicted octanol–water partition coefficient (Wildman–Crippen LogP) is 18.0. The molecule has 0 bridgehead atoms. The van der Waals surface area contributed by atoms with Crippen molar-refractivity contribution in [2.75, 3.05) is 0 Å². The number of fused-ring (bicyclic) bond motifs is 6. The molecular formula is C74H70IrN4O2-2. The Morgan fingerprint density at radius 1 is 0.494 bits per heavy atom. The van der Waals surface area contributed by atoms with E-state index >= 15 is 0 Å². The number of hydrogen-bond acceptors (Lipinski definition) is 6. The first-order valence-corrected chi connectivity index (χ1v) is 29.6. The van der Waals surface area contributed by atoms with Crippen LogP contribution < -0.4 is 9.47 Å². The summed E-state index contributed by atoms with van der Waals surface area (Å²) in [5.41, 5.74) is 19.9. The molecule has 3 saturated carbocycles. The molecule has 2 aliphatic heterocycles. The van der Waals surface area contributed by atoms with Crippen LogP contribution in [0.3, 0.4) is 0 Å². The Balaban J connectivity index is 0.00000618. The van der Waals surface area contributed by atoms with Crippen LogP contribution in [0.5, 0.6) is 11.5 Å². The summed E-state index contributed by atoms with van der Waals surface area (Å²) >= 11 is 0. The van der Waals surface area contributed by atoms with Crippen molar-refractivity contribution in [2.24, 2.45) is 0 Å². The minimum absolute atomic E-state index is 0. The SMILES string of the molecule is CC1(C)Oc2ccc[c-]c2-c2ncc(C3(Cc4cc(CC5(c6cnc7c(c6)C(C)(C)Oc6cccnc6-7)CCCC5)cc(-c5ccccc5-c5cnc(-c6[c-]cccc6)cc5C5CCC(c6ccccc6)CC5)c4)CCCC3)cc21.[Ir]. The van der Waals surface area contributed by atoms with Gasteiger partial charge in [-0.1, -0.05) is 116 Å². The largest absolute Gasteiger partial charge is 0.528 e. The van der Waals surface area contributed by atoms with Crippen molar-refractivity contribution in [3.63, 3.8) is 0 Å². The molecule has 1 radical (unpaired) electrons. The molecule has 9 aromatic rings. The van der Waals surface area contributed by atoms with Crippen molar-refractivity contribution in [2.45, 2.75) is 151 Å². The Morgan fingerprint density at radius 2 is 1.09 bits per heavy atom. The molecule has 14 rings (SSSR count). The number of hydrogen-bond donors (Lipinski definition) is 0. The van der Waals surface area contributed by atoms with Crippen LogP contribution in [0.2, 0.25) is 0 Å². The van der Waals surface area contributed by atoms with E-state index < -0.39 is 11.2 Å². The third-order valence-corrected chi connectivity index (χ3v) is 19.2. The van der Waals surface area contributed by atoms with Crippen LogP contribution in [-0.2, 0) is 55.0 Å². The van der Waals surface area contributed by atoms with Crippen molar-refractivity contribution >= 4 is 0 Å². The van der Waals surface area contributed by atoms with Gasteiger partial charge in [0, 0.05) is 72.6 Å². The van der Waals surface area contributed by atoms with E-state index in [1.165, 1.54) is 94.2 Å². The standard InChI is InChI=1S/C74H70N4O2.Ir/c1-71(2)63-41-56(46-77-68(63)60-26-13-14-27-66(60)79-71)73(33-15-16-34-73)44-49-38-50(45-74(35-17-18-36-74)57-42-64-69(78-47-57)70-67(28-19-37-75-70)80-72(64,3)4)40-55(39-49)58-24-11-12-25-59(58)62-48-76-65(54-22-9-6-10-23-54)43-61(62)53-31-29-52(30-32-53)51-20-7-5-8-21-51;/h5-14,19-22,24-25,27-28,37-43,46-48,52-53H,15-18,29-36,44-45H2,1-4H3;/q-2;. The third-order valence-electron chi connectivity index (χ3n) is 19.2. The number of benzene rings is 5. The molecular weight excluding hydrogens is 1170 g/mol. The fourth-order valence-electron chi connectivity index (χ4n) is 15.1. The van der Waals surface area contributed by atoms with Crippen molar-refractivity contribution in [1.82, 2.24) is 19.9 Å². The van der Waals surface area contributed by atoms with E-state index in [-0.39, 0.29) is 30.9 Å². The number of pyridine rings is 4. The second kappa shape index (κ2) is 21.4. The molecule has 7 heteroatoms. The van der Waals surface area contributed by atoms with Gasteiger partial charge in [-0.2, -0.15) is 0 Å². The first-order chi connectivity index (χ1) is 39.0. The van der Waals surface area contributed by atoms with Crippen LogP contribution in [0.25, 0.3) is 56.2 Å². The minimum atomic E-state index is -0.554. The molecule has 81 heavy (non-hydrogen) atoms. The Bertz CT molecular complexity index is 3630. The Morgan fingerprint density at radius 3 is 1.77 bits per heavy atom. The fourth-order valence-corrected chi connectivity index (χ4v) is 15.1. The van der Waals surface area contributed by atoms with E-state index in [1.54, 1.807) is 0 Å². The molecule has 0 amide bonds. The van der Waals surface area contributed by atoms with E-state index in [1.807, 2.05) is 48.7 Å². The molecule has 4 aromatic heterocycles. The van der Waals surface area contributed by atoms with E-state index in [9.17, 15) is 0 Å². The van der Waals surface area contributed by atoms with Crippen LogP contribution in [0.4, 0.5) is 0 Å². The second-order valence-electron chi connectivity index (χ2n) is 25.0. The van der Waals surface area contributed by atoms with E-state index in [0.29, 0.717) is 11.8 Å². The Kier molecular flexibility index (Phi) is 14.1. The van der Waals surface area contributed by atoms with Gasteiger partial charge in [-0.25, -0.2) is 0 Å². The molecule has 6 heterocycles. The molecule has 409 valence electrons. The summed E-state index contributed by atoms with van der Waals surface area (Å²) in [6.45, 7) is 8.72. The molecule has 3 aliphatic carbocycles. The van der Waals surface area contributed by atoms with Gasteiger partial charge >= 0.3 is 0 Å². The summed E-state index contributed by atoms with van der Waals surface area (Å²) < 4.78 is 13.4. The summed E-state index contributed by atoms with van der Waals surface area (Å²) in [7, 11) is 0. The second-order valence-corrected chi connectivity index (χ2v) is 25.0. The quantitative estimate of drug-likeness (QED) is 0.120. The monoisotopic (exact) mass is 1240 g/mol. The first kappa shape index (κ1) is 53.3. The van der Waals surface area contributed by atoms with Gasteiger partial charge in [-0.15, -0.1) is 60.2 Å². The van der Waals surface area contributed by atoms with Gasteiger partial charge in [-0.05, 0) is 189 Å². The maximum Gasteiger partial charge on any atom is 0.148 e. The van der Waals surface area contributed by atoms with Crippen molar-refractivity contribution in [3.8, 4) is 67.7 Å².